The van der Waals surface area contributed by atoms with Gasteiger partial charge in [0.05, 0.1) is 0 Å². The maximum Gasteiger partial charge on any atom is 0.0209 e. The zero-order chi connectivity index (χ0) is 9.26. The van der Waals surface area contributed by atoms with Crippen LogP contribution in [0.3, 0.4) is 0 Å². The molecule has 0 heterocycles. The second-order valence-electron chi connectivity index (χ2n) is 2.92. The van der Waals surface area contributed by atoms with Crippen molar-refractivity contribution < 1.29 is 0 Å². The number of rotatable bonds is 1. The minimum atomic E-state index is 1.18. The molecule has 2 aromatic rings. The van der Waals surface area contributed by atoms with Crippen molar-refractivity contribution in [3.8, 4) is 0 Å². The van der Waals surface area contributed by atoms with Crippen molar-refractivity contribution in [1.82, 2.24) is 0 Å². The Morgan fingerprint density at radius 3 is 2.77 bits per heavy atom. The highest BCUT2D eigenvalue weighted by Crippen LogP contribution is 2.21. The molecule has 0 spiro atoms. The molecule has 0 unspecified atom stereocenters. The summed E-state index contributed by atoms with van der Waals surface area (Å²) < 4.78 is 1.29. The van der Waals surface area contributed by atoms with Gasteiger partial charge in [0.15, 0.2) is 0 Å². The highest BCUT2D eigenvalue weighted by molar-refractivity contribution is 14.1. The highest BCUT2D eigenvalue weighted by atomic mass is 127. The van der Waals surface area contributed by atoms with E-state index in [2.05, 4.69) is 65.6 Å². The number of hydrogen-bond donors (Lipinski definition) is 0. The minimum Gasteiger partial charge on any atom is -0.0985 e. The van der Waals surface area contributed by atoms with Crippen LogP contribution in [-0.2, 0) is 0 Å². The molecule has 0 N–H and O–H groups in total. The molecule has 2 rings (SSSR count). The Morgan fingerprint density at radius 2 is 2.00 bits per heavy atom. The van der Waals surface area contributed by atoms with Gasteiger partial charge in [0.1, 0.15) is 0 Å². The van der Waals surface area contributed by atoms with Gasteiger partial charge in [-0.25, -0.2) is 0 Å². The van der Waals surface area contributed by atoms with E-state index in [0.29, 0.717) is 0 Å². The molecular formula is C12H9I. The van der Waals surface area contributed by atoms with Gasteiger partial charge in [-0.05, 0) is 51.1 Å². The molecule has 0 aliphatic rings. The third-order valence-electron chi connectivity index (χ3n) is 2.09. The van der Waals surface area contributed by atoms with Crippen molar-refractivity contribution in [3.05, 3.63) is 52.1 Å². The van der Waals surface area contributed by atoms with Crippen molar-refractivity contribution in [2.75, 3.05) is 0 Å². The molecule has 2 aromatic carbocycles. The van der Waals surface area contributed by atoms with Crippen molar-refractivity contribution in [2.24, 2.45) is 0 Å². The van der Waals surface area contributed by atoms with Gasteiger partial charge in [-0.2, -0.15) is 0 Å². The Bertz CT molecular complexity index is 458. The fourth-order valence-corrected chi connectivity index (χ4v) is 2.05. The van der Waals surface area contributed by atoms with Crippen LogP contribution in [0.15, 0.2) is 43.0 Å². The topological polar surface area (TPSA) is 0 Å². The summed E-state index contributed by atoms with van der Waals surface area (Å²) in [6.07, 6.45) is 1.88. The van der Waals surface area contributed by atoms with Gasteiger partial charge in [0.2, 0.25) is 0 Å². The van der Waals surface area contributed by atoms with Crippen LogP contribution in [-0.4, -0.2) is 0 Å². The fraction of sp³-hybridized carbons (Fsp3) is 0. The Balaban J connectivity index is 2.81. The third kappa shape index (κ3) is 1.61. The van der Waals surface area contributed by atoms with Crippen LogP contribution in [0.5, 0.6) is 0 Å². The van der Waals surface area contributed by atoms with Gasteiger partial charge in [-0.15, -0.1) is 0 Å². The highest BCUT2D eigenvalue weighted by Gasteiger charge is 1.97. The Hall–Kier alpha value is -0.830. The Labute approximate surface area is 91.4 Å². The zero-order valence-electron chi connectivity index (χ0n) is 7.13. The Kier molecular flexibility index (Phi) is 2.36. The van der Waals surface area contributed by atoms with E-state index in [0.717, 1.165) is 0 Å². The second-order valence-corrected chi connectivity index (χ2v) is 4.09. The normalized spacial score (nSPS) is 10.2. The first kappa shape index (κ1) is 8.75. The molecule has 0 aromatic heterocycles. The summed E-state index contributed by atoms with van der Waals surface area (Å²) in [6.45, 7) is 3.76. The van der Waals surface area contributed by atoms with E-state index in [4.69, 9.17) is 0 Å². The lowest BCUT2D eigenvalue weighted by atomic mass is 10.1. The molecule has 0 nitrogen and oxygen atoms in total. The van der Waals surface area contributed by atoms with Crippen molar-refractivity contribution in [2.45, 2.75) is 0 Å². The maximum atomic E-state index is 3.76. The van der Waals surface area contributed by atoms with E-state index < -0.39 is 0 Å². The molecule has 0 aliphatic carbocycles. The molecular weight excluding hydrogens is 271 g/mol. The second kappa shape index (κ2) is 3.50. The van der Waals surface area contributed by atoms with Crippen molar-refractivity contribution in [3.63, 3.8) is 0 Å². The summed E-state index contributed by atoms with van der Waals surface area (Å²) in [4.78, 5) is 0. The molecule has 0 fully saturated rings. The summed E-state index contributed by atoms with van der Waals surface area (Å²) in [5.41, 5.74) is 1.18. The first-order chi connectivity index (χ1) is 6.31. The first-order valence-electron chi connectivity index (χ1n) is 4.12. The predicted octanol–water partition coefficient (Wildman–Crippen LogP) is 4.09. The number of hydrogen-bond acceptors (Lipinski definition) is 0. The lowest BCUT2D eigenvalue weighted by Crippen LogP contribution is -1.78. The lowest BCUT2D eigenvalue weighted by Gasteiger charge is -2.01. The first-order valence-corrected chi connectivity index (χ1v) is 5.20. The van der Waals surface area contributed by atoms with Crippen LogP contribution < -0.4 is 0 Å². The molecule has 0 atom stereocenters. The smallest absolute Gasteiger partial charge is 0.0209 e. The van der Waals surface area contributed by atoms with Crippen molar-refractivity contribution in [1.29, 1.82) is 0 Å². The van der Waals surface area contributed by atoms with Crippen LogP contribution in [0.4, 0.5) is 0 Å². The van der Waals surface area contributed by atoms with Crippen LogP contribution in [0, 0.1) is 3.57 Å². The van der Waals surface area contributed by atoms with E-state index in [1.165, 1.54) is 19.9 Å². The van der Waals surface area contributed by atoms with Gasteiger partial charge in [0.25, 0.3) is 0 Å². The number of fused-ring (bicyclic) bond motifs is 1. The van der Waals surface area contributed by atoms with E-state index in [-0.39, 0.29) is 0 Å². The number of benzene rings is 2. The average Bonchev–Trinajstić information content (AvgIpc) is 2.18. The molecule has 64 valence electrons. The van der Waals surface area contributed by atoms with Gasteiger partial charge in [0, 0.05) is 3.57 Å². The van der Waals surface area contributed by atoms with Crippen molar-refractivity contribution >= 4 is 39.4 Å². The van der Waals surface area contributed by atoms with Gasteiger partial charge < -0.3 is 0 Å². The van der Waals surface area contributed by atoms with Crippen LogP contribution >= 0.6 is 22.6 Å². The van der Waals surface area contributed by atoms with E-state index >= 15 is 0 Å². The molecule has 13 heavy (non-hydrogen) atoms. The van der Waals surface area contributed by atoms with E-state index in [9.17, 15) is 0 Å². The summed E-state index contributed by atoms with van der Waals surface area (Å²) in [5.74, 6) is 0. The molecule has 0 saturated carbocycles. The van der Waals surface area contributed by atoms with E-state index in [1.807, 2.05) is 6.08 Å². The Morgan fingerprint density at radius 1 is 1.15 bits per heavy atom. The van der Waals surface area contributed by atoms with Gasteiger partial charge >= 0.3 is 0 Å². The summed E-state index contributed by atoms with van der Waals surface area (Å²) in [6, 6.07) is 12.7. The summed E-state index contributed by atoms with van der Waals surface area (Å²) in [5, 5.41) is 2.60. The molecule has 0 radical (unpaired) electrons. The molecule has 0 aliphatic heterocycles. The predicted molar refractivity (Wildman–Crippen MR) is 66.8 cm³/mol. The number of halogens is 1. The summed E-state index contributed by atoms with van der Waals surface area (Å²) in [7, 11) is 0. The molecule has 0 amide bonds. The quantitative estimate of drug-likeness (QED) is 0.690. The maximum absolute atomic E-state index is 3.76. The third-order valence-corrected chi connectivity index (χ3v) is 3.03. The van der Waals surface area contributed by atoms with Gasteiger partial charge in [-0.3, -0.25) is 0 Å². The zero-order valence-corrected chi connectivity index (χ0v) is 9.28. The van der Waals surface area contributed by atoms with Gasteiger partial charge in [-0.1, -0.05) is 36.9 Å². The molecule has 1 heteroatoms. The summed E-state index contributed by atoms with van der Waals surface area (Å²) >= 11 is 2.36. The van der Waals surface area contributed by atoms with Crippen LogP contribution in [0.1, 0.15) is 5.56 Å². The van der Waals surface area contributed by atoms with Crippen LogP contribution in [0.25, 0.3) is 16.8 Å². The SMILES string of the molecule is C=Cc1ccc2cccc(I)c2c1. The van der Waals surface area contributed by atoms with Crippen LogP contribution in [0.2, 0.25) is 0 Å². The molecule has 0 bridgehead atoms. The standard InChI is InChI=1S/C12H9I/c1-2-9-6-7-10-4-3-5-12(13)11(10)8-9/h2-8H,1H2. The monoisotopic (exact) mass is 280 g/mol. The average molecular weight is 280 g/mol. The van der Waals surface area contributed by atoms with E-state index in [1.54, 1.807) is 0 Å². The fourth-order valence-electron chi connectivity index (χ4n) is 1.38. The lowest BCUT2D eigenvalue weighted by molar-refractivity contribution is 1.68. The largest absolute Gasteiger partial charge is 0.0985 e. The molecule has 0 saturated heterocycles. The minimum absolute atomic E-state index is 1.18.